The number of anilines is 2. The Bertz CT molecular complexity index is 728. The number of halogens is 2. The number of aromatic carboxylic acids is 1. The van der Waals surface area contributed by atoms with E-state index in [-0.39, 0.29) is 10.7 Å². The third-order valence-corrected chi connectivity index (χ3v) is 3.21. The zero-order valence-electron chi connectivity index (χ0n) is 9.89. The van der Waals surface area contributed by atoms with E-state index in [0.29, 0.717) is 17.1 Å². The van der Waals surface area contributed by atoms with Crippen LogP contribution in [0.25, 0.3) is 0 Å². The molecular weight excluding hydrogens is 346 g/mol. The molecule has 0 unspecified atom stereocenters. The molecule has 2 rings (SSSR count). The summed E-state index contributed by atoms with van der Waals surface area (Å²) in [5.74, 6) is -0.921. The summed E-state index contributed by atoms with van der Waals surface area (Å²) < 4.78 is 0.784. The van der Waals surface area contributed by atoms with Gasteiger partial charge in [0, 0.05) is 4.47 Å². The number of nitrogens with zero attached hydrogens (tertiary/aromatic N) is 2. The molecule has 0 amide bonds. The SMILES string of the molecule is N#Cc1ccc(Br)cc1Nc1ccc(Cl)c(C(=O)O)n1. The maximum Gasteiger partial charge on any atom is 0.356 e. The summed E-state index contributed by atoms with van der Waals surface area (Å²) in [4.78, 5) is 14.9. The summed E-state index contributed by atoms with van der Waals surface area (Å²) in [6.07, 6.45) is 0. The number of carboxylic acids is 1. The zero-order chi connectivity index (χ0) is 14.7. The molecule has 0 spiro atoms. The molecule has 2 N–H and O–H groups in total. The lowest BCUT2D eigenvalue weighted by molar-refractivity contribution is 0.0691. The highest BCUT2D eigenvalue weighted by atomic mass is 79.9. The van der Waals surface area contributed by atoms with Crippen molar-refractivity contribution in [3.63, 3.8) is 0 Å². The third-order valence-electron chi connectivity index (χ3n) is 2.41. The van der Waals surface area contributed by atoms with Crippen molar-refractivity contribution in [3.05, 3.63) is 51.1 Å². The number of carbonyl (C=O) groups is 1. The summed E-state index contributed by atoms with van der Waals surface area (Å²) >= 11 is 9.05. The molecule has 0 bridgehead atoms. The molecule has 1 aromatic heterocycles. The van der Waals surface area contributed by atoms with Gasteiger partial charge < -0.3 is 10.4 Å². The minimum absolute atomic E-state index is 0.0535. The molecule has 0 radical (unpaired) electrons. The van der Waals surface area contributed by atoms with Gasteiger partial charge in [-0.1, -0.05) is 27.5 Å². The van der Waals surface area contributed by atoms with E-state index in [2.05, 4.69) is 26.2 Å². The normalized spacial score (nSPS) is 9.85. The van der Waals surface area contributed by atoms with E-state index in [4.69, 9.17) is 22.0 Å². The lowest BCUT2D eigenvalue weighted by atomic mass is 10.2. The highest BCUT2D eigenvalue weighted by molar-refractivity contribution is 9.10. The molecule has 0 aliphatic heterocycles. The number of nitrogens with one attached hydrogen (secondary N) is 1. The number of carboxylic acid groups (broad SMARTS) is 1. The van der Waals surface area contributed by atoms with Crippen LogP contribution in [0.5, 0.6) is 0 Å². The van der Waals surface area contributed by atoms with E-state index in [9.17, 15) is 4.79 Å². The zero-order valence-corrected chi connectivity index (χ0v) is 12.2. The molecule has 0 atom stereocenters. The van der Waals surface area contributed by atoms with Crippen LogP contribution in [0, 0.1) is 11.3 Å². The second kappa shape index (κ2) is 5.90. The molecule has 20 heavy (non-hydrogen) atoms. The molecule has 100 valence electrons. The number of nitriles is 1. The predicted octanol–water partition coefficient (Wildman–Crippen LogP) is 3.81. The molecule has 0 aliphatic carbocycles. The van der Waals surface area contributed by atoms with Gasteiger partial charge in [-0.3, -0.25) is 0 Å². The number of benzene rings is 1. The standard InChI is InChI=1S/C13H7BrClN3O2/c14-8-2-1-7(6-16)10(5-8)17-11-4-3-9(15)12(18-11)13(19)20/h1-5H,(H,17,18)(H,19,20). The van der Waals surface area contributed by atoms with Crippen LogP contribution in [-0.2, 0) is 0 Å². The van der Waals surface area contributed by atoms with Crippen LogP contribution in [0.2, 0.25) is 5.02 Å². The lowest BCUT2D eigenvalue weighted by Gasteiger charge is -2.09. The van der Waals surface area contributed by atoms with Gasteiger partial charge in [0.15, 0.2) is 5.69 Å². The maximum absolute atomic E-state index is 11.0. The van der Waals surface area contributed by atoms with Gasteiger partial charge in [0.25, 0.3) is 0 Å². The first kappa shape index (κ1) is 14.3. The summed E-state index contributed by atoms with van der Waals surface area (Å²) in [5.41, 5.74) is 0.694. The van der Waals surface area contributed by atoms with Gasteiger partial charge in [0.2, 0.25) is 0 Å². The minimum Gasteiger partial charge on any atom is -0.476 e. The highest BCUT2D eigenvalue weighted by Crippen LogP contribution is 2.25. The Balaban J connectivity index is 2.40. The Morgan fingerprint density at radius 2 is 2.15 bits per heavy atom. The Morgan fingerprint density at radius 3 is 2.80 bits per heavy atom. The molecule has 1 aromatic carbocycles. The first-order valence-corrected chi connectivity index (χ1v) is 6.55. The van der Waals surface area contributed by atoms with E-state index < -0.39 is 5.97 Å². The minimum atomic E-state index is -1.21. The average Bonchev–Trinajstić information content (AvgIpc) is 2.41. The average molecular weight is 353 g/mol. The van der Waals surface area contributed by atoms with Crippen LogP contribution in [0.4, 0.5) is 11.5 Å². The van der Waals surface area contributed by atoms with Crippen molar-refractivity contribution >= 4 is 45.0 Å². The van der Waals surface area contributed by atoms with Gasteiger partial charge in [-0.15, -0.1) is 0 Å². The van der Waals surface area contributed by atoms with Crippen LogP contribution >= 0.6 is 27.5 Å². The monoisotopic (exact) mass is 351 g/mol. The summed E-state index contributed by atoms with van der Waals surface area (Å²) in [6, 6.07) is 10.1. The van der Waals surface area contributed by atoms with E-state index in [0.717, 1.165) is 4.47 Å². The van der Waals surface area contributed by atoms with E-state index in [1.165, 1.54) is 12.1 Å². The molecular formula is C13H7BrClN3O2. The Labute approximate surface area is 128 Å². The van der Waals surface area contributed by atoms with Crippen molar-refractivity contribution < 1.29 is 9.90 Å². The predicted molar refractivity (Wildman–Crippen MR) is 78.3 cm³/mol. The van der Waals surface area contributed by atoms with Crippen molar-refractivity contribution in [1.82, 2.24) is 4.98 Å². The number of pyridine rings is 1. The van der Waals surface area contributed by atoms with E-state index >= 15 is 0 Å². The van der Waals surface area contributed by atoms with Crippen molar-refractivity contribution in [2.75, 3.05) is 5.32 Å². The Hall–Kier alpha value is -2.10. The molecule has 5 nitrogen and oxygen atoms in total. The second-order valence-electron chi connectivity index (χ2n) is 3.76. The summed E-state index contributed by atoms with van der Waals surface area (Å²) in [6.45, 7) is 0. The fraction of sp³-hybridized carbons (Fsp3) is 0. The summed E-state index contributed by atoms with van der Waals surface area (Å²) in [7, 11) is 0. The topological polar surface area (TPSA) is 86.0 Å². The third kappa shape index (κ3) is 3.07. The molecule has 0 saturated carbocycles. The maximum atomic E-state index is 11.0. The van der Waals surface area contributed by atoms with Crippen LogP contribution in [0.3, 0.4) is 0 Å². The smallest absolute Gasteiger partial charge is 0.356 e. The number of aromatic nitrogens is 1. The van der Waals surface area contributed by atoms with Gasteiger partial charge in [0.05, 0.1) is 16.3 Å². The van der Waals surface area contributed by atoms with Crippen LogP contribution in [0.1, 0.15) is 16.1 Å². The Kier molecular flexibility index (Phi) is 4.23. The molecule has 0 saturated heterocycles. The quantitative estimate of drug-likeness (QED) is 0.877. The first-order valence-electron chi connectivity index (χ1n) is 5.38. The number of hydrogen-bond donors (Lipinski definition) is 2. The molecule has 1 heterocycles. The largest absolute Gasteiger partial charge is 0.476 e. The second-order valence-corrected chi connectivity index (χ2v) is 5.08. The molecule has 0 aliphatic rings. The van der Waals surface area contributed by atoms with Crippen LogP contribution < -0.4 is 5.32 Å². The molecule has 7 heteroatoms. The van der Waals surface area contributed by atoms with Gasteiger partial charge in [-0.05, 0) is 30.3 Å². The fourth-order valence-electron chi connectivity index (χ4n) is 1.52. The van der Waals surface area contributed by atoms with Crippen LogP contribution in [0.15, 0.2) is 34.8 Å². The summed E-state index contributed by atoms with van der Waals surface area (Å²) in [5, 5.41) is 21.0. The fourth-order valence-corrected chi connectivity index (χ4v) is 2.06. The lowest BCUT2D eigenvalue weighted by Crippen LogP contribution is -2.04. The van der Waals surface area contributed by atoms with E-state index in [1.54, 1.807) is 18.2 Å². The molecule has 2 aromatic rings. The van der Waals surface area contributed by atoms with Gasteiger partial charge in [0.1, 0.15) is 11.9 Å². The Morgan fingerprint density at radius 1 is 1.40 bits per heavy atom. The van der Waals surface area contributed by atoms with Crippen molar-refractivity contribution in [2.24, 2.45) is 0 Å². The van der Waals surface area contributed by atoms with Gasteiger partial charge in [-0.25, -0.2) is 9.78 Å². The number of rotatable bonds is 3. The van der Waals surface area contributed by atoms with Crippen molar-refractivity contribution in [3.8, 4) is 6.07 Å². The van der Waals surface area contributed by atoms with E-state index in [1.807, 2.05) is 6.07 Å². The van der Waals surface area contributed by atoms with Crippen molar-refractivity contribution in [2.45, 2.75) is 0 Å². The van der Waals surface area contributed by atoms with Gasteiger partial charge >= 0.3 is 5.97 Å². The number of hydrogen-bond acceptors (Lipinski definition) is 4. The van der Waals surface area contributed by atoms with Crippen molar-refractivity contribution in [1.29, 1.82) is 5.26 Å². The first-order chi connectivity index (χ1) is 9.51. The van der Waals surface area contributed by atoms with Gasteiger partial charge in [-0.2, -0.15) is 5.26 Å². The highest BCUT2D eigenvalue weighted by Gasteiger charge is 2.12. The van der Waals surface area contributed by atoms with Crippen LogP contribution in [-0.4, -0.2) is 16.1 Å². The molecule has 0 fully saturated rings.